The zero-order chi connectivity index (χ0) is 28.5. The molecular weight excluding hydrogens is 524 g/mol. The summed E-state index contributed by atoms with van der Waals surface area (Å²) >= 11 is 0. The first-order valence-electron chi connectivity index (χ1n) is 12.5. The summed E-state index contributed by atoms with van der Waals surface area (Å²) in [5, 5.41) is 3.14. The number of alkyl halides is 1. The molecule has 5 rings (SSSR count). The summed E-state index contributed by atoms with van der Waals surface area (Å²) < 4.78 is 48.3. The van der Waals surface area contributed by atoms with Crippen LogP contribution in [-0.2, 0) is 25.5 Å². The molecule has 1 aliphatic rings. The van der Waals surface area contributed by atoms with Gasteiger partial charge in [0.05, 0.1) is 11.9 Å². The van der Waals surface area contributed by atoms with Crippen molar-refractivity contribution in [1.29, 1.82) is 0 Å². The Kier molecular flexibility index (Phi) is 7.19. The number of esters is 2. The second-order valence-corrected chi connectivity index (χ2v) is 9.74. The minimum atomic E-state index is -2.30. The Morgan fingerprint density at radius 1 is 1.07 bits per heavy atom. The minimum Gasteiger partial charge on any atom is -0.459 e. The first-order valence-corrected chi connectivity index (χ1v) is 12.5. The fraction of sp³-hybridized carbons (Fsp3) is 0.321. The van der Waals surface area contributed by atoms with E-state index >= 15 is 4.39 Å². The number of aromatic nitrogens is 4. The van der Waals surface area contributed by atoms with E-state index in [1.165, 1.54) is 50.1 Å². The molecule has 0 bridgehead atoms. The van der Waals surface area contributed by atoms with Gasteiger partial charge in [0, 0.05) is 13.5 Å². The fourth-order valence-corrected chi connectivity index (χ4v) is 4.71. The van der Waals surface area contributed by atoms with Crippen molar-refractivity contribution in [3.63, 3.8) is 0 Å². The molecule has 0 aliphatic carbocycles. The smallest absolute Gasteiger partial charge is 0.338 e. The Hall–Kier alpha value is -4.45. The SMILES string of the molecule is CC(=O)OC1(C)[C@@H](COC(=O)c2ccccc2)OC(n2cnc3c(NCc4ccc(F)cc4)ncnc32)[C@]1(C)F. The van der Waals surface area contributed by atoms with E-state index in [1.807, 2.05) is 0 Å². The van der Waals surface area contributed by atoms with Gasteiger partial charge in [-0.15, -0.1) is 0 Å². The highest BCUT2D eigenvalue weighted by atomic mass is 19.1. The summed E-state index contributed by atoms with van der Waals surface area (Å²) in [6.45, 7) is 3.78. The van der Waals surface area contributed by atoms with Crippen molar-refractivity contribution in [3.05, 3.63) is 84.2 Å². The standard InChI is InChI=1S/C28H27F2N5O5/c1-17(36)40-28(3)21(14-38-25(37)19-7-5-4-6-8-19)39-26(27(28,2)30)35-16-34-22-23(32-15-33-24(22)35)31-13-18-9-11-20(29)12-10-18/h4-12,15-16,21,26H,13-14H2,1-3H3,(H,31,32,33)/t21-,26?,27+,28?/m1/s1. The zero-order valence-electron chi connectivity index (χ0n) is 22.0. The number of nitrogens with one attached hydrogen (secondary N) is 1. The molecule has 2 unspecified atom stereocenters. The Morgan fingerprint density at radius 2 is 1.80 bits per heavy atom. The van der Waals surface area contributed by atoms with Crippen LogP contribution in [0.15, 0.2) is 67.3 Å². The van der Waals surface area contributed by atoms with Gasteiger partial charge < -0.3 is 19.5 Å². The number of anilines is 1. The van der Waals surface area contributed by atoms with Gasteiger partial charge >= 0.3 is 11.9 Å². The van der Waals surface area contributed by atoms with Gasteiger partial charge in [-0.3, -0.25) is 9.36 Å². The van der Waals surface area contributed by atoms with Crippen molar-refractivity contribution in [2.24, 2.45) is 0 Å². The zero-order valence-corrected chi connectivity index (χ0v) is 22.0. The van der Waals surface area contributed by atoms with Crippen LogP contribution in [0.3, 0.4) is 0 Å². The van der Waals surface area contributed by atoms with Crippen molar-refractivity contribution >= 4 is 28.9 Å². The van der Waals surface area contributed by atoms with Crippen LogP contribution in [0.5, 0.6) is 0 Å². The summed E-state index contributed by atoms with van der Waals surface area (Å²) in [7, 11) is 0. The second-order valence-electron chi connectivity index (χ2n) is 9.74. The molecule has 1 N–H and O–H groups in total. The lowest BCUT2D eigenvalue weighted by atomic mass is 9.84. The Morgan fingerprint density at radius 3 is 2.50 bits per heavy atom. The molecule has 1 saturated heterocycles. The van der Waals surface area contributed by atoms with Gasteiger partial charge in [0.2, 0.25) is 0 Å². The normalized spacial score (nSPS) is 24.1. The van der Waals surface area contributed by atoms with E-state index < -0.39 is 35.5 Å². The molecule has 4 aromatic rings. The summed E-state index contributed by atoms with van der Waals surface area (Å²) in [5.74, 6) is -1.31. The largest absolute Gasteiger partial charge is 0.459 e. The number of carbonyl (C=O) groups excluding carboxylic acids is 2. The van der Waals surface area contributed by atoms with E-state index in [4.69, 9.17) is 14.2 Å². The molecule has 0 spiro atoms. The molecule has 2 aromatic carbocycles. The molecular formula is C28H27F2N5O5. The van der Waals surface area contributed by atoms with Crippen molar-refractivity contribution in [2.45, 2.75) is 50.9 Å². The molecule has 40 heavy (non-hydrogen) atoms. The summed E-state index contributed by atoms with van der Waals surface area (Å²) in [4.78, 5) is 37.5. The van der Waals surface area contributed by atoms with Crippen LogP contribution in [0.1, 0.15) is 42.9 Å². The number of fused-ring (bicyclic) bond motifs is 1. The number of carbonyl (C=O) groups is 2. The van der Waals surface area contributed by atoms with Crippen LogP contribution in [0.2, 0.25) is 0 Å². The number of imidazole rings is 1. The number of hydrogen-bond acceptors (Lipinski definition) is 9. The predicted octanol–water partition coefficient (Wildman–Crippen LogP) is 4.38. The van der Waals surface area contributed by atoms with Gasteiger partial charge in [0.1, 0.15) is 24.9 Å². The third-order valence-electron chi connectivity index (χ3n) is 7.06. The van der Waals surface area contributed by atoms with E-state index in [9.17, 15) is 14.0 Å². The fourth-order valence-electron chi connectivity index (χ4n) is 4.71. The van der Waals surface area contributed by atoms with Gasteiger partial charge in [-0.05, 0) is 43.7 Å². The van der Waals surface area contributed by atoms with Crippen LogP contribution in [0.25, 0.3) is 11.2 Å². The van der Waals surface area contributed by atoms with Crippen molar-refractivity contribution in [3.8, 4) is 0 Å². The Bertz CT molecular complexity index is 1530. The van der Waals surface area contributed by atoms with Crippen LogP contribution in [-0.4, -0.2) is 55.4 Å². The maximum Gasteiger partial charge on any atom is 0.338 e. The predicted molar refractivity (Wildman–Crippen MR) is 139 cm³/mol. The molecule has 0 amide bonds. The van der Waals surface area contributed by atoms with Crippen molar-refractivity contribution < 1.29 is 32.6 Å². The van der Waals surface area contributed by atoms with Gasteiger partial charge in [0.25, 0.3) is 0 Å². The van der Waals surface area contributed by atoms with Gasteiger partial charge in [-0.2, -0.15) is 0 Å². The van der Waals surface area contributed by atoms with Gasteiger partial charge in [0.15, 0.2) is 34.5 Å². The van der Waals surface area contributed by atoms with Gasteiger partial charge in [-0.25, -0.2) is 28.5 Å². The Labute approximate surface area is 228 Å². The average molecular weight is 552 g/mol. The number of ether oxygens (including phenoxy) is 3. The average Bonchev–Trinajstić information content (AvgIpc) is 3.44. The molecule has 208 valence electrons. The molecule has 12 heteroatoms. The quantitative estimate of drug-likeness (QED) is 0.318. The molecule has 1 fully saturated rings. The highest BCUT2D eigenvalue weighted by molar-refractivity contribution is 5.89. The molecule has 0 radical (unpaired) electrons. The number of benzene rings is 2. The molecule has 10 nitrogen and oxygen atoms in total. The number of nitrogens with zero attached hydrogens (tertiary/aromatic N) is 4. The highest BCUT2D eigenvalue weighted by Crippen LogP contribution is 2.51. The topological polar surface area (TPSA) is 117 Å². The molecule has 1 aliphatic heterocycles. The van der Waals surface area contributed by atoms with Crippen LogP contribution >= 0.6 is 0 Å². The van der Waals surface area contributed by atoms with Crippen molar-refractivity contribution in [1.82, 2.24) is 19.5 Å². The van der Waals surface area contributed by atoms with Crippen LogP contribution in [0.4, 0.5) is 14.6 Å². The van der Waals surface area contributed by atoms with E-state index in [2.05, 4.69) is 20.3 Å². The number of halogens is 2. The highest BCUT2D eigenvalue weighted by Gasteiger charge is 2.66. The lowest BCUT2D eigenvalue weighted by Gasteiger charge is -2.36. The van der Waals surface area contributed by atoms with E-state index in [-0.39, 0.29) is 18.1 Å². The lowest BCUT2D eigenvalue weighted by Crippen LogP contribution is -2.55. The molecule has 3 heterocycles. The molecule has 2 aromatic heterocycles. The molecule has 0 saturated carbocycles. The number of hydrogen-bond donors (Lipinski definition) is 1. The summed E-state index contributed by atoms with van der Waals surface area (Å²) in [5.41, 5.74) is -2.40. The van der Waals surface area contributed by atoms with Crippen LogP contribution < -0.4 is 5.32 Å². The van der Waals surface area contributed by atoms with E-state index in [1.54, 1.807) is 42.5 Å². The molecule has 4 atom stereocenters. The maximum atomic E-state index is 16.7. The third-order valence-corrected chi connectivity index (χ3v) is 7.06. The number of rotatable bonds is 8. The third kappa shape index (κ3) is 4.97. The monoisotopic (exact) mass is 551 g/mol. The Balaban J connectivity index is 1.42. The van der Waals surface area contributed by atoms with Gasteiger partial charge in [-0.1, -0.05) is 30.3 Å². The second kappa shape index (κ2) is 10.6. The first kappa shape index (κ1) is 27.1. The summed E-state index contributed by atoms with van der Waals surface area (Å²) in [6, 6.07) is 14.3. The minimum absolute atomic E-state index is 0.262. The lowest BCUT2D eigenvalue weighted by molar-refractivity contribution is -0.175. The van der Waals surface area contributed by atoms with Crippen LogP contribution in [0, 0.1) is 5.82 Å². The van der Waals surface area contributed by atoms with Crippen molar-refractivity contribution in [2.75, 3.05) is 11.9 Å². The summed E-state index contributed by atoms with van der Waals surface area (Å²) in [6.07, 6.45) is 0.154. The van der Waals surface area contributed by atoms with E-state index in [0.717, 1.165) is 5.56 Å². The first-order chi connectivity index (χ1) is 19.1. The maximum absolute atomic E-state index is 16.7. The van der Waals surface area contributed by atoms with E-state index in [0.29, 0.717) is 23.4 Å².